The van der Waals surface area contributed by atoms with Gasteiger partial charge in [-0.05, 0) is 31.9 Å². The quantitative estimate of drug-likeness (QED) is 0.909. The molecule has 2 unspecified atom stereocenters. The molecule has 1 aliphatic rings. The largest absolute Gasteiger partial charge is 0.344 e. The maximum atomic E-state index is 12.6. The number of nitrogens with zero attached hydrogens (tertiary/aromatic N) is 3. The predicted octanol–water partition coefficient (Wildman–Crippen LogP) is 1.72. The lowest BCUT2D eigenvalue weighted by Gasteiger charge is -2.21. The minimum atomic E-state index is -0.463. The minimum absolute atomic E-state index is 0.0541. The van der Waals surface area contributed by atoms with Crippen LogP contribution in [0.3, 0.4) is 0 Å². The van der Waals surface area contributed by atoms with Crippen LogP contribution in [-0.2, 0) is 16.0 Å². The summed E-state index contributed by atoms with van der Waals surface area (Å²) in [6.45, 7) is 2.00. The van der Waals surface area contributed by atoms with Gasteiger partial charge in [-0.1, -0.05) is 18.2 Å². The maximum Gasteiger partial charge on any atom is 0.249 e. The Morgan fingerprint density at radius 2 is 2.08 bits per heavy atom. The average molecular weight is 324 g/mol. The van der Waals surface area contributed by atoms with Crippen LogP contribution in [0.1, 0.15) is 25.5 Å². The first kappa shape index (κ1) is 16.1. The Balaban J connectivity index is 1.58. The lowest BCUT2D eigenvalue weighted by molar-refractivity contribution is -0.126. The van der Waals surface area contributed by atoms with Crippen LogP contribution in [-0.4, -0.2) is 33.9 Å². The molecule has 0 aliphatic carbocycles. The first-order chi connectivity index (χ1) is 11.6. The van der Waals surface area contributed by atoms with E-state index in [4.69, 9.17) is 0 Å². The van der Waals surface area contributed by atoms with Gasteiger partial charge in [0.25, 0.3) is 0 Å². The molecule has 24 heavy (non-hydrogen) atoms. The normalized spacial score (nSPS) is 20.2. The third-order valence-corrected chi connectivity index (χ3v) is 4.15. The van der Waals surface area contributed by atoms with E-state index in [1.807, 2.05) is 37.3 Å². The molecule has 1 aromatic heterocycles. The molecule has 124 valence electrons. The van der Waals surface area contributed by atoms with Crippen molar-refractivity contribution in [3.63, 3.8) is 0 Å². The van der Waals surface area contributed by atoms with Gasteiger partial charge in [0, 0.05) is 36.7 Å². The highest BCUT2D eigenvalue weighted by atomic mass is 16.2. The van der Waals surface area contributed by atoms with Gasteiger partial charge in [0.05, 0.1) is 5.69 Å². The second-order valence-electron chi connectivity index (χ2n) is 5.95. The number of aryl methyl sites for hydroxylation is 1. The van der Waals surface area contributed by atoms with Gasteiger partial charge in [-0.25, -0.2) is 0 Å². The molecule has 0 radical (unpaired) electrons. The molecular formula is C18H20N4O2. The van der Waals surface area contributed by atoms with Crippen molar-refractivity contribution >= 4 is 17.5 Å². The van der Waals surface area contributed by atoms with Gasteiger partial charge >= 0.3 is 0 Å². The van der Waals surface area contributed by atoms with E-state index >= 15 is 0 Å². The number of carbonyl (C=O) groups excluding carboxylic acids is 2. The van der Waals surface area contributed by atoms with Gasteiger partial charge in [0.15, 0.2) is 0 Å². The topological polar surface area (TPSA) is 75.2 Å². The summed E-state index contributed by atoms with van der Waals surface area (Å²) in [5.74, 6) is -0.192. The number of nitrogens with one attached hydrogen (secondary N) is 1. The molecule has 1 N–H and O–H groups in total. The number of para-hydroxylation sites is 1. The number of hydrogen-bond donors (Lipinski definition) is 1. The Bertz CT molecular complexity index is 705. The zero-order chi connectivity index (χ0) is 16.9. The highest BCUT2D eigenvalue weighted by Crippen LogP contribution is 2.26. The lowest BCUT2D eigenvalue weighted by Crippen LogP contribution is -2.42. The van der Waals surface area contributed by atoms with Gasteiger partial charge in [0.2, 0.25) is 11.8 Å². The van der Waals surface area contributed by atoms with E-state index < -0.39 is 6.04 Å². The summed E-state index contributed by atoms with van der Waals surface area (Å²) in [7, 11) is 0. The molecule has 6 heteroatoms. The molecule has 0 bridgehead atoms. The van der Waals surface area contributed by atoms with Crippen LogP contribution in [0.2, 0.25) is 0 Å². The Morgan fingerprint density at radius 3 is 2.79 bits per heavy atom. The Labute approximate surface area is 140 Å². The zero-order valence-electron chi connectivity index (χ0n) is 13.6. The van der Waals surface area contributed by atoms with Gasteiger partial charge < -0.3 is 10.2 Å². The molecule has 3 rings (SSSR count). The van der Waals surface area contributed by atoms with Gasteiger partial charge in [-0.15, -0.1) is 0 Å². The first-order valence-corrected chi connectivity index (χ1v) is 8.07. The fraction of sp³-hybridized carbons (Fsp3) is 0.333. The van der Waals surface area contributed by atoms with Crippen molar-refractivity contribution in [2.75, 3.05) is 4.90 Å². The number of benzene rings is 1. The number of amides is 2. The number of anilines is 1. The zero-order valence-corrected chi connectivity index (χ0v) is 13.6. The Hall–Kier alpha value is -2.76. The standard InChI is InChI=1S/C18H20N4O2/c1-13-11-16(18(24)22(13)15-5-3-2-4-6-15)21-17(23)8-7-14-12-19-9-10-20-14/h2-6,9-10,12-13,16H,7-8,11H2,1H3,(H,21,23). The predicted molar refractivity (Wildman–Crippen MR) is 90.3 cm³/mol. The Morgan fingerprint density at radius 1 is 1.29 bits per heavy atom. The smallest absolute Gasteiger partial charge is 0.249 e. The fourth-order valence-electron chi connectivity index (χ4n) is 2.99. The van der Waals surface area contributed by atoms with Gasteiger partial charge in [-0.2, -0.15) is 0 Å². The second-order valence-corrected chi connectivity index (χ2v) is 5.95. The molecule has 1 aliphatic heterocycles. The molecule has 0 spiro atoms. The van der Waals surface area contributed by atoms with Crippen LogP contribution in [0.5, 0.6) is 0 Å². The van der Waals surface area contributed by atoms with Crippen LogP contribution in [0, 0.1) is 0 Å². The van der Waals surface area contributed by atoms with Crippen molar-refractivity contribution in [2.24, 2.45) is 0 Å². The van der Waals surface area contributed by atoms with Crippen molar-refractivity contribution in [3.8, 4) is 0 Å². The summed E-state index contributed by atoms with van der Waals surface area (Å²) < 4.78 is 0. The highest BCUT2D eigenvalue weighted by Gasteiger charge is 2.38. The van der Waals surface area contributed by atoms with Gasteiger partial charge in [0.1, 0.15) is 6.04 Å². The second kappa shape index (κ2) is 7.21. The number of aromatic nitrogens is 2. The maximum absolute atomic E-state index is 12.6. The summed E-state index contributed by atoms with van der Waals surface area (Å²) in [5, 5.41) is 2.85. The summed E-state index contributed by atoms with van der Waals surface area (Å²) in [5.41, 5.74) is 1.64. The molecule has 1 saturated heterocycles. The summed E-state index contributed by atoms with van der Waals surface area (Å²) in [6, 6.07) is 9.14. The lowest BCUT2D eigenvalue weighted by atomic mass is 10.1. The molecular weight excluding hydrogens is 304 g/mol. The number of rotatable bonds is 5. The third-order valence-electron chi connectivity index (χ3n) is 4.15. The molecule has 6 nitrogen and oxygen atoms in total. The highest BCUT2D eigenvalue weighted by molar-refractivity contribution is 6.01. The summed E-state index contributed by atoms with van der Waals surface area (Å²) >= 11 is 0. The molecule has 2 atom stereocenters. The van der Waals surface area contributed by atoms with Crippen molar-refractivity contribution in [1.82, 2.24) is 15.3 Å². The van der Waals surface area contributed by atoms with Crippen LogP contribution in [0.4, 0.5) is 5.69 Å². The molecule has 2 aromatic rings. The van der Waals surface area contributed by atoms with E-state index in [0.717, 1.165) is 11.4 Å². The third kappa shape index (κ3) is 3.59. The molecule has 0 saturated carbocycles. The van der Waals surface area contributed by atoms with E-state index in [-0.39, 0.29) is 17.9 Å². The summed E-state index contributed by atoms with van der Waals surface area (Å²) in [4.78, 5) is 34.6. The number of carbonyl (C=O) groups is 2. The van der Waals surface area contributed by atoms with Crippen molar-refractivity contribution < 1.29 is 9.59 Å². The Kier molecular flexibility index (Phi) is 4.84. The van der Waals surface area contributed by atoms with Crippen LogP contribution < -0.4 is 10.2 Å². The van der Waals surface area contributed by atoms with Gasteiger partial charge in [-0.3, -0.25) is 19.6 Å². The first-order valence-electron chi connectivity index (χ1n) is 8.07. The van der Waals surface area contributed by atoms with E-state index in [9.17, 15) is 9.59 Å². The monoisotopic (exact) mass is 324 g/mol. The average Bonchev–Trinajstić information content (AvgIpc) is 2.88. The van der Waals surface area contributed by atoms with Crippen molar-refractivity contribution in [3.05, 3.63) is 54.6 Å². The van der Waals surface area contributed by atoms with E-state index in [1.54, 1.807) is 23.5 Å². The van der Waals surface area contributed by atoms with Crippen LogP contribution in [0.25, 0.3) is 0 Å². The molecule has 2 heterocycles. The van der Waals surface area contributed by atoms with Crippen molar-refractivity contribution in [1.29, 1.82) is 0 Å². The molecule has 2 amide bonds. The fourth-order valence-corrected chi connectivity index (χ4v) is 2.99. The van der Waals surface area contributed by atoms with Crippen molar-refractivity contribution in [2.45, 2.75) is 38.3 Å². The molecule has 1 fully saturated rings. The van der Waals surface area contributed by atoms with E-state index in [2.05, 4.69) is 15.3 Å². The SMILES string of the molecule is CC1CC(NC(=O)CCc2cnccn2)C(=O)N1c1ccccc1. The molecule has 1 aromatic carbocycles. The van der Waals surface area contributed by atoms with Crippen LogP contribution in [0.15, 0.2) is 48.9 Å². The summed E-state index contributed by atoms with van der Waals surface area (Å²) in [6.07, 6.45) is 6.27. The van der Waals surface area contributed by atoms with E-state index in [0.29, 0.717) is 19.3 Å². The van der Waals surface area contributed by atoms with E-state index in [1.165, 1.54) is 0 Å². The number of hydrogen-bond acceptors (Lipinski definition) is 4. The van der Waals surface area contributed by atoms with Crippen LogP contribution >= 0.6 is 0 Å². The minimum Gasteiger partial charge on any atom is -0.344 e.